The summed E-state index contributed by atoms with van der Waals surface area (Å²) < 4.78 is 58.9. The van der Waals surface area contributed by atoms with Crippen LogP contribution in [0.15, 0.2) is 140 Å². The van der Waals surface area contributed by atoms with Crippen LogP contribution in [-0.2, 0) is 39.0 Å². The standard InChI is InChI=1S/C18H15P.C14H10N2O2.CHF3O3S.Au/c1-4-10-16(11-5-1)19(17-12-6-2-7-13-17)18-14-8-3-9-15-18;17-13-11-3-1-2-4-12(11)14(18)16(13)9-10-5-7-15-8-6-10;2-1(3,4)8(5,6)7;/h1-15H;1-8H,9H2;(H,5,6,7);/q;;;+1. The van der Waals surface area contributed by atoms with Crippen LogP contribution in [0.2, 0.25) is 0 Å². The Labute approximate surface area is 281 Å². The van der Waals surface area contributed by atoms with Gasteiger partial charge in [-0.2, -0.15) is 13.2 Å². The molecule has 7 nitrogen and oxygen atoms in total. The first-order valence-corrected chi connectivity index (χ1v) is 16.3. The number of carbonyl (C=O) groups is 2. The molecule has 240 valence electrons. The normalized spacial score (nSPS) is 12.2. The molecule has 46 heavy (non-hydrogen) atoms. The van der Waals surface area contributed by atoms with Gasteiger partial charge in [0.15, 0.2) is 10.1 Å². The summed E-state index contributed by atoms with van der Waals surface area (Å²) >= 11 is 0. The van der Waals surface area contributed by atoms with Gasteiger partial charge in [0.05, 0.1) is 25.6 Å². The second-order valence-electron chi connectivity index (χ2n) is 9.47. The molecule has 6 rings (SSSR count). The number of hydrogen-bond acceptors (Lipinski definition) is 6. The minimum atomic E-state index is -6.09. The number of aromatic nitrogens is 1. The predicted molar refractivity (Wildman–Crippen MR) is 167 cm³/mol. The SMILES string of the molecule is O=C1c2ccccc2C(=O)N1Cc1ccncc1.O=S(=O)([O-])C(F)(F)F.[Au+].c1ccc([PH+](c2ccccc2)c2ccccc2)cc1. The van der Waals surface area contributed by atoms with Gasteiger partial charge in [-0.05, 0) is 66.2 Å². The Hall–Kier alpha value is -3.96. The Morgan fingerprint density at radius 1 is 0.630 bits per heavy atom. The maximum Gasteiger partial charge on any atom is 1.00 e. The van der Waals surface area contributed by atoms with Gasteiger partial charge < -0.3 is 4.55 Å². The van der Waals surface area contributed by atoms with E-state index in [1.54, 1.807) is 48.8 Å². The Morgan fingerprint density at radius 3 is 1.28 bits per heavy atom. The van der Waals surface area contributed by atoms with Crippen molar-refractivity contribution in [3.8, 4) is 0 Å². The molecule has 5 aromatic rings. The van der Waals surface area contributed by atoms with Crippen LogP contribution in [0.4, 0.5) is 13.2 Å². The molecule has 2 amide bonds. The third-order valence-electron chi connectivity index (χ3n) is 6.44. The summed E-state index contributed by atoms with van der Waals surface area (Å²) in [4.78, 5) is 29.4. The summed E-state index contributed by atoms with van der Waals surface area (Å²) in [5.74, 6) is -0.458. The zero-order chi connectivity index (χ0) is 32.5. The quantitative estimate of drug-likeness (QED) is 0.0802. The number of hydrogen-bond donors (Lipinski definition) is 0. The van der Waals surface area contributed by atoms with E-state index in [9.17, 15) is 22.8 Å². The van der Waals surface area contributed by atoms with E-state index < -0.39 is 23.5 Å². The molecule has 0 fully saturated rings. The molecule has 4 aromatic carbocycles. The number of benzene rings is 4. The van der Waals surface area contributed by atoms with Gasteiger partial charge >= 0.3 is 27.9 Å². The summed E-state index contributed by atoms with van der Waals surface area (Å²) in [6.07, 6.45) is 3.29. The molecule has 2 heterocycles. The van der Waals surface area contributed by atoms with E-state index in [2.05, 4.69) is 96.0 Å². The van der Waals surface area contributed by atoms with E-state index in [4.69, 9.17) is 13.0 Å². The molecule has 1 aromatic heterocycles. The molecule has 1 aliphatic rings. The van der Waals surface area contributed by atoms with Crippen LogP contribution < -0.4 is 15.9 Å². The molecule has 0 saturated heterocycles. The largest absolute Gasteiger partial charge is 1.00 e. The number of pyridine rings is 1. The first-order chi connectivity index (χ1) is 21.5. The number of fused-ring (bicyclic) bond motifs is 1. The monoisotopic (exact) mass is 847 g/mol. The number of alkyl halides is 3. The van der Waals surface area contributed by atoms with Crippen molar-refractivity contribution in [2.45, 2.75) is 12.1 Å². The smallest absolute Gasteiger partial charge is 0.741 e. The number of halogens is 3. The molecular weight excluding hydrogens is 821 g/mol. The van der Waals surface area contributed by atoms with Crippen molar-refractivity contribution in [3.05, 3.63) is 156 Å². The van der Waals surface area contributed by atoms with E-state index >= 15 is 0 Å². The van der Waals surface area contributed by atoms with Gasteiger partial charge in [0, 0.05) is 12.4 Å². The average Bonchev–Trinajstić information content (AvgIpc) is 3.28. The molecule has 0 saturated carbocycles. The van der Waals surface area contributed by atoms with Crippen molar-refractivity contribution < 1.29 is 58.1 Å². The van der Waals surface area contributed by atoms with Crippen molar-refractivity contribution in [1.82, 2.24) is 9.88 Å². The second-order valence-corrected chi connectivity index (χ2v) is 13.3. The summed E-state index contributed by atoms with van der Waals surface area (Å²) in [6.45, 7) is 0.287. The minimum Gasteiger partial charge on any atom is -0.741 e. The zero-order valence-corrected chi connectivity index (χ0v) is 27.7. The van der Waals surface area contributed by atoms with Crippen molar-refractivity contribution in [3.63, 3.8) is 0 Å². The Morgan fingerprint density at radius 2 is 0.957 bits per heavy atom. The van der Waals surface area contributed by atoms with Crippen LogP contribution in [0.1, 0.15) is 26.3 Å². The van der Waals surface area contributed by atoms with Gasteiger partial charge in [-0.15, -0.1) is 0 Å². The second kappa shape index (κ2) is 16.6. The molecule has 0 N–H and O–H groups in total. The molecule has 1 aliphatic heterocycles. The Balaban J connectivity index is 0.000000201. The fourth-order valence-electron chi connectivity index (χ4n) is 4.37. The van der Waals surface area contributed by atoms with E-state index in [-0.39, 0.29) is 40.7 Å². The third-order valence-corrected chi connectivity index (χ3v) is 9.74. The van der Waals surface area contributed by atoms with Crippen molar-refractivity contribution in [1.29, 1.82) is 0 Å². The van der Waals surface area contributed by atoms with E-state index in [1.165, 1.54) is 20.8 Å². The van der Waals surface area contributed by atoms with Gasteiger partial charge in [0.25, 0.3) is 11.8 Å². The predicted octanol–water partition coefficient (Wildman–Crippen LogP) is 5.10. The fraction of sp³-hybridized carbons (Fsp3) is 0.0606. The van der Waals surface area contributed by atoms with Crippen molar-refractivity contribution >= 4 is 45.8 Å². The maximum atomic E-state index is 12.1. The number of imide groups is 1. The van der Waals surface area contributed by atoms with Crippen LogP contribution in [0, 0.1) is 0 Å². The Kier molecular flexibility index (Phi) is 13.1. The number of nitrogens with zero attached hydrogens (tertiary/aromatic N) is 2. The minimum absolute atomic E-state index is 0. The van der Waals surface area contributed by atoms with Crippen LogP contribution in [0.3, 0.4) is 0 Å². The van der Waals surface area contributed by atoms with Gasteiger partial charge in [-0.25, -0.2) is 8.42 Å². The first kappa shape index (κ1) is 36.5. The summed E-state index contributed by atoms with van der Waals surface area (Å²) in [7, 11) is -6.97. The van der Waals surface area contributed by atoms with E-state index in [0.29, 0.717) is 11.1 Å². The van der Waals surface area contributed by atoms with Crippen molar-refractivity contribution in [2.24, 2.45) is 0 Å². The summed E-state index contributed by atoms with van der Waals surface area (Å²) in [5, 5.41) is 4.31. The summed E-state index contributed by atoms with van der Waals surface area (Å²) in [6, 6.07) is 43.0. The molecule has 13 heteroatoms. The van der Waals surface area contributed by atoms with Gasteiger partial charge in [0.2, 0.25) is 0 Å². The number of carbonyl (C=O) groups excluding carboxylic acids is 2. The third kappa shape index (κ3) is 9.53. The van der Waals surface area contributed by atoms with E-state index in [0.717, 1.165) is 5.56 Å². The molecule has 0 aliphatic carbocycles. The molecular formula is C33H26AuF3N2O5PS+. The van der Waals surface area contributed by atoms with Crippen LogP contribution in [0.5, 0.6) is 0 Å². The van der Waals surface area contributed by atoms with Crippen LogP contribution in [-0.4, -0.2) is 40.2 Å². The van der Waals surface area contributed by atoms with Gasteiger partial charge in [-0.3, -0.25) is 19.5 Å². The molecule has 0 spiro atoms. The summed E-state index contributed by atoms with van der Waals surface area (Å²) in [5.41, 5.74) is -3.79. The fourth-order valence-corrected chi connectivity index (χ4v) is 6.95. The van der Waals surface area contributed by atoms with E-state index in [1.807, 2.05) is 0 Å². The zero-order valence-electron chi connectivity index (χ0n) is 23.8. The van der Waals surface area contributed by atoms with Gasteiger partial charge in [0.1, 0.15) is 15.9 Å². The van der Waals surface area contributed by atoms with Crippen LogP contribution >= 0.6 is 7.92 Å². The topological polar surface area (TPSA) is 107 Å². The Bertz CT molecular complexity index is 1710. The molecule has 0 atom stereocenters. The number of amides is 2. The molecule has 0 bridgehead atoms. The molecule has 0 radical (unpaired) electrons. The van der Waals surface area contributed by atoms with Crippen LogP contribution in [0.25, 0.3) is 0 Å². The number of rotatable bonds is 5. The maximum absolute atomic E-state index is 12.1. The van der Waals surface area contributed by atoms with Crippen molar-refractivity contribution in [2.75, 3.05) is 0 Å². The molecule has 0 unspecified atom stereocenters. The van der Waals surface area contributed by atoms with Gasteiger partial charge in [-0.1, -0.05) is 66.7 Å². The first-order valence-electron chi connectivity index (χ1n) is 13.4. The average molecular weight is 848 g/mol.